The van der Waals surface area contributed by atoms with Crippen LogP contribution in [0.15, 0.2) is 36.4 Å². The van der Waals surface area contributed by atoms with Crippen molar-refractivity contribution in [3.8, 4) is 5.95 Å². The standard InChI is InChI=1S/C26H25F4N5O2/c1-14-10-19-17(23(31)36)8-9-20(19)35(14)25-33-22-18(6-3-7-21(22)37-13-26(28,29)30)24(34-25)32-12-15-4-2-5-16(27)11-15/h2,4-5,8,10-11,21H,3,6-7,9,12-13H2,1H3,(H2,31,36)(H,32,33,34)/t21-/m0/s1. The molecule has 0 saturated carbocycles. The van der Waals surface area contributed by atoms with Gasteiger partial charge in [0.2, 0.25) is 11.9 Å². The third-order valence-corrected chi connectivity index (χ3v) is 6.56. The first-order chi connectivity index (χ1) is 17.6. The van der Waals surface area contributed by atoms with Crippen molar-refractivity contribution in [1.82, 2.24) is 14.5 Å². The van der Waals surface area contributed by atoms with E-state index >= 15 is 0 Å². The Morgan fingerprint density at radius 1 is 1.27 bits per heavy atom. The summed E-state index contributed by atoms with van der Waals surface area (Å²) in [5.74, 6) is -0.213. The van der Waals surface area contributed by atoms with E-state index in [1.165, 1.54) is 12.1 Å². The number of benzene rings is 1. The smallest absolute Gasteiger partial charge is 0.366 e. The van der Waals surface area contributed by atoms with Gasteiger partial charge in [-0.05, 0) is 49.9 Å². The number of fused-ring (bicyclic) bond motifs is 2. The molecule has 2 aliphatic carbocycles. The van der Waals surface area contributed by atoms with E-state index in [0.29, 0.717) is 59.5 Å². The number of nitrogens with zero attached hydrogens (tertiary/aromatic N) is 3. The van der Waals surface area contributed by atoms with Crippen molar-refractivity contribution in [2.45, 2.75) is 51.4 Å². The number of anilines is 1. The van der Waals surface area contributed by atoms with Gasteiger partial charge in [-0.2, -0.15) is 18.2 Å². The van der Waals surface area contributed by atoms with Gasteiger partial charge in [-0.1, -0.05) is 18.2 Å². The fraction of sp³-hybridized carbons (Fsp3) is 0.346. The van der Waals surface area contributed by atoms with Crippen molar-refractivity contribution in [3.05, 3.63) is 76.0 Å². The first kappa shape index (κ1) is 24.9. The number of halogens is 4. The van der Waals surface area contributed by atoms with Gasteiger partial charge in [0.1, 0.15) is 24.3 Å². The summed E-state index contributed by atoms with van der Waals surface area (Å²) < 4.78 is 59.7. The molecule has 0 spiro atoms. The van der Waals surface area contributed by atoms with Crippen molar-refractivity contribution in [1.29, 1.82) is 0 Å². The maximum atomic E-state index is 13.7. The molecule has 2 heterocycles. The number of aryl methyl sites for hydroxylation is 1. The number of amides is 1. The van der Waals surface area contributed by atoms with Crippen LogP contribution in [0, 0.1) is 12.7 Å². The molecular weight excluding hydrogens is 490 g/mol. The number of aromatic nitrogens is 3. The number of nitrogens with two attached hydrogens (primary N) is 1. The van der Waals surface area contributed by atoms with Crippen molar-refractivity contribution < 1.29 is 27.1 Å². The molecule has 1 atom stereocenters. The molecule has 1 aromatic carbocycles. The predicted octanol–water partition coefficient (Wildman–Crippen LogP) is 4.71. The topological polar surface area (TPSA) is 95.1 Å². The van der Waals surface area contributed by atoms with E-state index in [1.54, 1.807) is 22.8 Å². The van der Waals surface area contributed by atoms with Gasteiger partial charge in [0.25, 0.3) is 0 Å². The second-order valence-electron chi connectivity index (χ2n) is 9.19. The number of hydrogen-bond acceptors (Lipinski definition) is 5. The predicted molar refractivity (Wildman–Crippen MR) is 128 cm³/mol. The van der Waals surface area contributed by atoms with Crippen LogP contribution in [0.2, 0.25) is 0 Å². The number of nitrogens with one attached hydrogen (secondary N) is 1. The summed E-state index contributed by atoms with van der Waals surface area (Å²) in [6, 6.07) is 7.93. The molecule has 0 unspecified atom stereocenters. The van der Waals surface area contributed by atoms with E-state index in [1.807, 2.05) is 13.0 Å². The molecule has 0 aliphatic heterocycles. The Hall–Kier alpha value is -3.73. The van der Waals surface area contributed by atoms with Gasteiger partial charge in [0.05, 0.1) is 5.69 Å². The van der Waals surface area contributed by atoms with Gasteiger partial charge in [-0.3, -0.25) is 9.36 Å². The van der Waals surface area contributed by atoms with Gasteiger partial charge in [-0.25, -0.2) is 9.37 Å². The number of primary amides is 1. The number of rotatable bonds is 7. The summed E-state index contributed by atoms with van der Waals surface area (Å²) in [4.78, 5) is 21.3. The first-order valence-electron chi connectivity index (χ1n) is 11.9. The molecule has 37 heavy (non-hydrogen) atoms. The summed E-state index contributed by atoms with van der Waals surface area (Å²) in [6.07, 6.45) is -1.61. The largest absolute Gasteiger partial charge is 0.411 e. The average molecular weight is 516 g/mol. The van der Waals surface area contributed by atoms with Gasteiger partial charge in [-0.15, -0.1) is 0 Å². The van der Waals surface area contributed by atoms with Crippen LogP contribution < -0.4 is 11.1 Å². The Morgan fingerprint density at radius 2 is 2.08 bits per heavy atom. The van der Waals surface area contributed by atoms with Crippen LogP contribution in [-0.4, -0.2) is 33.2 Å². The summed E-state index contributed by atoms with van der Waals surface area (Å²) in [7, 11) is 0. The lowest BCUT2D eigenvalue weighted by Crippen LogP contribution is -2.24. The molecular formula is C26H25F4N5O2. The highest BCUT2D eigenvalue weighted by molar-refractivity contribution is 6.20. The summed E-state index contributed by atoms with van der Waals surface area (Å²) in [6.45, 7) is 0.703. The van der Waals surface area contributed by atoms with E-state index < -0.39 is 24.8 Å². The Labute approximate surface area is 210 Å². The van der Waals surface area contributed by atoms with E-state index in [9.17, 15) is 22.4 Å². The molecule has 5 rings (SSSR count). The van der Waals surface area contributed by atoms with Crippen molar-refractivity contribution in [2.75, 3.05) is 11.9 Å². The maximum absolute atomic E-state index is 13.7. The van der Waals surface area contributed by atoms with Crippen LogP contribution in [0.3, 0.4) is 0 Å². The lowest BCUT2D eigenvalue weighted by Gasteiger charge is -2.27. The minimum absolute atomic E-state index is 0.251. The third-order valence-electron chi connectivity index (χ3n) is 6.56. The zero-order chi connectivity index (χ0) is 26.3. The quantitative estimate of drug-likeness (QED) is 0.445. The highest BCUT2D eigenvalue weighted by atomic mass is 19.4. The lowest BCUT2D eigenvalue weighted by atomic mass is 9.93. The van der Waals surface area contributed by atoms with Crippen LogP contribution in [0.4, 0.5) is 23.4 Å². The molecule has 3 N–H and O–H groups in total. The molecule has 2 aliphatic rings. The second-order valence-corrected chi connectivity index (χ2v) is 9.19. The Kier molecular flexibility index (Phi) is 6.49. The minimum Gasteiger partial charge on any atom is -0.366 e. The van der Waals surface area contributed by atoms with E-state index in [4.69, 9.17) is 20.4 Å². The summed E-state index contributed by atoms with van der Waals surface area (Å²) in [5.41, 5.74) is 9.89. The Bertz CT molecular complexity index is 1400. The van der Waals surface area contributed by atoms with Gasteiger partial charge in [0.15, 0.2) is 0 Å². The third kappa shape index (κ3) is 5.08. The first-order valence-corrected chi connectivity index (χ1v) is 11.9. The number of carbonyl (C=O) groups is 1. The van der Waals surface area contributed by atoms with Crippen molar-refractivity contribution in [2.24, 2.45) is 5.73 Å². The summed E-state index contributed by atoms with van der Waals surface area (Å²) >= 11 is 0. The fourth-order valence-corrected chi connectivity index (χ4v) is 4.98. The van der Waals surface area contributed by atoms with Gasteiger partial charge < -0.3 is 15.8 Å². The molecule has 11 heteroatoms. The number of ether oxygens (including phenoxy) is 1. The molecule has 3 aromatic rings. The molecule has 2 aromatic heterocycles. The fourth-order valence-electron chi connectivity index (χ4n) is 4.98. The summed E-state index contributed by atoms with van der Waals surface area (Å²) in [5, 5.41) is 3.23. The molecule has 0 radical (unpaired) electrons. The van der Waals surface area contributed by atoms with E-state index in [0.717, 1.165) is 11.4 Å². The maximum Gasteiger partial charge on any atom is 0.411 e. The van der Waals surface area contributed by atoms with Gasteiger partial charge >= 0.3 is 6.18 Å². The molecule has 194 valence electrons. The van der Waals surface area contributed by atoms with E-state index in [-0.39, 0.29) is 18.3 Å². The SMILES string of the molecule is Cc1cc2c(n1-c1nc(NCc3cccc(F)c3)c3c(n1)[C@@H](OCC(F)(F)F)CCC3)CC=C2C(N)=O. The number of allylic oxidation sites excluding steroid dienone is 1. The number of hydrogen-bond donors (Lipinski definition) is 2. The highest BCUT2D eigenvalue weighted by Gasteiger charge is 2.34. The lowest BCUT2D eigenvalue weighted by molar-refractivity contribution is -0.187. The normalized spacial score (nSPS) is 16.8. The average Bonchev–Trinajstić information content (AvgIpc) is 3.38. The van der Waals surface area contributed by atoms with Crippen LogP contribution in [-0.2, 0) is 28.9 Å². The Balaban J connectivity index is 1.57. The highest BCUT2D eigenvalue weighted by Crippen LogP contribution is 2.38. The van der Waals surface area contributed by atoms with E-state index in [2.05, 4.69) is 5.32 Å². The van der Waals surface area contributed by atoms with Crippen LogP contribution in [0.25, 0.3) is 11.5 Å². The number of carbonyl (C=O) groups excluding carboxylic acids is 1. The molecule has 0 saturated heterocycles. The van der Waals surface area contributed by atoms with Crippen molar-refractivity contribution in [3.63, 3.8) is 0 Å². The van der Waals surface area contributed by atoms with Gasteiger partial charge in [0, 0.05) is 41.1 Å². The zero-order valence-electron chi connectivity index (χ0n) is 20.0. The second kappa shape index (κ2) is 9.62. The monoisotopic (exact) mass is 515 g/mol. The molecule has 0 bridgehead atoms. The van der Waals surface area contributed by atoms with Crippen molar-refractivity contribution >= 4 is 17.3 Å². The molecule has 0 fully saturated rings. The van der Waals surface area contributed by atoms with Crippen LogP contribution in [0.5, 0.6) is 0 Å². The Morgan fingerprint density at radius 3 is 2.81 bits per heavy atom. The molecule has 1 amide bonds. The minimum atomic E-state index is -4.47. The van der Waals surface area contributed by atoms with Crippen LogP contribution >= 0.6 is 0 Å². The zero-order valence-corrected chi connectivity index (χ0v) is 20.0. The molecule has 7 nitrogen and oxygen atoms in total. The van der Waals surface area contributed by atoms with Crippen LogP contribution in [0.1, 0.15) is 52.7 Å². The number of alkyl halides is 3.